The zero-order chi connectivity index (χ0) is 19.4. The fourth-order valence-electron chi connectivity index (χ4n) is 8.10. The third kappa shape index (κ3) is 3.09. The molecule has 0 unspecified atom stereocenters. The number of rotatable bonds is 4. The molecule has 152 valence electrons. The summed E-state index contributed by atoms with van der Waals surface area (Å²) in [6, 6.07) is 0. The summed E-state index contributed by atoms with van der Waals surface area (Å²) in [5.74, 6) is 3.35. The molecule has 4 rings (SSSR count). The normalized spacial score (nSPS) is 49.8. The third-order valence-electron chi connectivity index (χ3n) is 9.64. The van der Waals surface area contributed by atoms with Crippen molar-refractivity contribution in [1.29, 1.82) is 0 Å². The molecular formula is C24H38O3. The van der Waals surface area contributed by atoms with Crippen LogP contribution >= 0.6 is 0 Å². The number of carbonyl (C=O) groups is 1. The molecule has 0 bridgehead atoms. The van der Waals surface area contributed by atoms with Crippen molar-refractivity contribution in [1.82, 2.24) is 0 Å². The molecule has 3 heteroatoms. The minimum Gasteiger partial charge on any atom is -0.481 e. The van der Waals surface area contributed by atoms with E-state index in [1.807, 2.05) is 0 Å². The predicted molar refractivity (Wildman–Crippen MR) is 107 cm³/mol. The van der Waals surface area contributed by atoms with E-state index in [2.05, 4.69) is 32.9 Å². The van der Waals surface area contributed by atoms with Crippen LogP contribution in [-0.2, 0) is 4.79 Å². The van der Waals surface area contributed by atoms with Gasteiger partial charge in [0.15, 0.2) is 0 Å². The summed E-state index contributed by atoms with van der Waals surface area (Å²) in [5, 5.41) is 19.3. The quantitative estimate of drug-likeness (QED) is 0.658. The number of allylic oxidation sites excluding steroid dienone is 2. The minimum atomic E-state index is -0.661. The Kier molecular flexibility index (Phi) is 4.98. The van der Waals surface area contributed by atoms with E-state index in [1.54, 1.807) is 0 Å². The van der Waals surface area contributed by atoms with E-state index in [1.165, 1.54) is 32.1 Å². The van der Waals surface area contributed by atoms with E-state index >= 15 is 0 Å². The Morgan fingerprint density at radius 2 is 1.96 bits per heavy atom. The van der Waals surface area contributed by atoms with Crippen molar-refractivity contribution in [3.63, 3.8) is 0 Å². The maximum atomic E-state index is 11.0. The summed E-state index contributed by atoms with van der Waals surface area (Å²) in [4.78, 5) is 11.0. The number of aliphatic hydroxyl groups is 1. The van der Waals surface area contributed by atoms with Gasteiger partial charge in [-0.3, -0.25) is 4.79 Å². The van der Waals surface area contributed by atoms with E-state index in [-0.39, 0.29) is 11.5 Å². The van der Waals surface area contributed by atoms with Crippen molar-refractivity contribution in [3.8, 4) is 0 Å². The van der Waals surface area contributed by atoms with Crippen LogP contribution in [0.2, 0.25) is 0 Å². The number of carboxylic acids is 1. The van der Waals surface area contributed by atoms with Crippen molar-refractivity contribution in [2.75, 3.05) is 0 Å². The second-order valence-corrected chi connectivity index (χ2v) is 10.8. The SMILES string of the molecule is C[C@H](CCC(=O)O)[C@H]1CC[C@H]2[C@@H]3CC[C@@H]4C[C@H](O)CC[C@]4(C)[C@H]3C=C[C@]12C. The average Bonchev–Trinajstić information content (AvgIpc) is 2.97. The van der Waals surface area contributed by atoms with Crippen LogP contribution < -0.4 is 0 Å². The largest absolute Gasteiger partial charge is 0.481 e. The molecule has 3 fully saturated rings. The standard InChI is InChI=1S/C24H38O3/c1-15(4-9-22(26)27)19-7-8-20-18-6-5-16-14-17(25)10-12-23(16,2)21(18)11-13-24(19,20)3/h11,13,15-21,25H,4-10,12,14H2,1-3H3,(H,26,27)/t15-,16-,17-,18+,19-,20+,21+,23+,24-/m1/s1. The van der Waals surface area contributed by atoms with Gasteiger partial charge < -0.3 is 10.2 Å². The van der Waals surface area contributed by atoms with Crippen molar-refractivity contribution in [2.45, 2.75) is 84.7 Å². The molecule has 0 saturated heterocycles. The molecule has 3 nitrogen and oxygen atoms in total. The molecule has 0 spiro atoms. The van der Waals surface area contributed by atoms with E-state index in [4.69, 9.17) is 5.11 Å². The van der Waals surface area contributed by atoms with Gasteiger partial charge in [-0.2, -0.15) is 0 Å². The smallest absolute Gasteiger partial charge is 0.303 e. The van der Waals surface area contributed by atoms with Crippen molar-refractivity contribution >= 4 is 5.97 Å². The molecule has 3 saturated carbocycles. The van der Waals surface area contributed by atoms with Gasteiger partial charge in [-0.1, -0.05) is 32.9 Å². The van der Waals surface area contributed by atoms with Gasteiger partial charge in [-0.25, -0.2) is 0 Å². The molecule has 0 aromatic carbocycles. The van der Waals surface area contributed by atoms with E-state index in [0.29, 0.717) is 35.5 Å². The van der Waals surface area contributed by atoms with E-state index in [0.717, 1.165) is 31.1 Å². The molecule has 0 aliphatic heterocycles. The summed E-state index contributed by atoms with van der Waals surface area (Å²) in [6.45, 7) is 7.26. The Bertz CT molecular complexity index is 613. The predicted octanol–water partition coefficient (Wildman–Crippen LogP) is 5.28. The molecule has 0 radical (unpaired) electrons. The summed E-state index contributed by atoms with van der Waals surface area (Å²) in [5.41, 5.74) is 0.615. The highest BCUT2D eigenvalue weighted by molar-refractivity contribution is 5.66. The second kappa shape index (κ2) is 6.90. The molecule has 4 aliphatic carbocycles. The van der Waals surface area contributed by atoms with Gasteiger partial charge in [0.05, 0.1) is 6.10 Å². The lowest BCUT2D eigenvalue weighted by Gasteiger charge is -2.58. The number of aliphatic carboxylic acids is 1. The van der Waals surface area contributed by atoms with Crippen molar-refractivity contribution in [2.24, 2.45) is 46.3 Å². The van der Waals surface area contributed by atoms with Crippen LogP contribution in [0.3, 0.4) is 0 Å². The van der Waals surface area contributed by atoms with Gasteiger partial charge in [0, 0.05) is 6.42 Å². The lowest BCUT2D eigenvalue weighted by atomic mass is 9.46. The third-order valence-corrected chi connectivity index (χ3v) is 9.64. The number of hydrogen-bond acceptors (Lipinski definition) is 2. The second-order valence-electron chi connectivity index (χ2n) is 10.8. The first-order valence-corrected chi connectivity index (χ1v) is 11.3. The number of carboxylic acid groups (broad SMARTS) is 1. The fraction of sp³-hybridized carbons (Fsp3) is 0.875. The van der Waals surface area contributed by atoms with Gasteiger partial charge in [-0.15, -0.1) is 0 Å². The topological polar surface area (TPSA) is 57.5 Å². The Morgan fingerprint density at radius 3 is 2.70 bits per heavy atom. The summed E-state index contributed by atoms with van der Waals surface area (Å²) in [7, 11) is 0. The lowest BCUT2D eigenvalue weighted by molar-refractivity contribution is -0.137. The van der Waals surface area contributed by atoms with E-state index in [9.17, 15) is 9.90 Å². The lowest BCUT2D eigenvalue weighted by Crippen LogP contribution is -2.52. The minimum absolute atomic E-state index is 0.0802. The molecule has 0 amide bonds. The van der Waals surface area contributed by atoms with Crippen molar-refractivity contribution < 1.29 is 15.0 Å². The van der Waals surface area contributed by atoms with Crippen LogP contribution in [0.5, 0.6) is 0 Å². The number of aliphatic hydroxyl groups excluding tert-OH is 1. The summed E-state index contributed by atoms with van der Waals surface area (Å²) >= 11 is 0. The van der Waals surface area contributed by atoms with Crippen LogP contribution in [0.4, 0.5) is 0 Å². The van der Waals surface area contributed by atoms with Gasteiger partial charge in [-0.05, 0) is 97.7 Å². The van der Waals surface area contributed by atoms with Crippen LogP contribution in [0.25, 0.3) is 0 Å². The Balaban J connectivity index is 1.56. The maximum absolute atomic E-state index is 11.0. The molecule has 0 heterocycles. The van der Waals surface area contributed by atoms with Gasteiger partial charge in [0.2, 0.25) is 0 Å². The highest BCUT2D eigenvalue weighted by atomic mass is 16.4. The van der Waals surface area contributed by atoms with E-state index < -0.39 is 5.97 Å². The fourth-order valence-corrected chi connectivity index (χ4v) is 8.10. The molecule has 27 heavy (non-hydrogen) atoms. The van der Waals surface area contributed by atoms with Gasteiger partial charge in [0.1, 0.15) is 0 Å². The summed E-state index contributed by atoms with van der Waals surface area (Å²) < 4.78 is 0. The van der Waals surface area contributed by atoms with Gasteiger partial charge in [0.25, 0.3) is 0 Å². The monoisotopic (exact) mass is 374 g/mol. The average molecular weight is 375 g/mol. The maximum Gasteiger partial charge on any atom is 0.303 e. The molecule has 4 aliphatic rings. The zero-order valence-electron chi connectivity index (χ0n) is 17.4. The number of hydrogen-bond donors (Lipinski definition) is 2. The first-order chi connectivity index (χ1) is 12.8. The molecule has 9 atom stereocenters. The molecular weight excluding hydrogens is 336 g/mol. The zero-order valence-corrected chi connectivity index (χ0v) is 17.4. The molecule has 2 N–H and O–H groups in total. The first kappa shape index (κ1) is 19.5. The van der Waals surface area contributed by atoms with Crippen LogP contribution in [0.15, 0.2) is 12.2 Å². The number of fused-ring (bicyclic) bond motifs is 5. The first-order valence-electron chi connectivity index (χ1n) is 11.3. The van der Waals surface area contributed by atoms with Crippen LogP contribution in [0, 0.1) is 46.3 Å². The highest BCUT2D eigenvalue weighted by Crippen LogP contribution is 2.66. The highest BCUT2D eigenvalue weighted by Gasteiger charge is 2.58. The van der Waals surface area contributed by atoms with Crippen molar-refractivity contribution in [3.05, 3.63) is 12.2 Å². The summed E-state index contributed by atoms with van der Waals surface area (Å²) in [6.07, 6.45) is 14.5. The molecule has 0 aromatic heterocycles. The van der Waals surface area contributed by atoms with Crippen LogP contribution in [-0.4, -0.2) is 22.3 Å². The van der Waals surface area contributed by atoms with Gasteiger partial charge >= 0.3 is 5.97 Å². The molecule has 0 aromatic rings. The Labute approximate surface area is 164 Å². The Morgan fingerprint density at radius 1 is 1.19 bits per heavy atom. The van der Waals surface area contributed by atoms with Crippen LogP contribution in [0.1, 0.15) is 78.6 Å². The Hall–Kier alpha value is -0.830.